The van der Waals surface area contributed by atoms with Crippen LogP contribution >= 0.6 is 11.6 Å². The van der Waals surface area contributed by atoms with E-state index in [1.54, 1.807) is 6.92 Å². The smallest absolute Gasteiger partial charge is 0.416 e. The lowest BCUT2D eigenvalue weighted by atomic mass is 10.0. The van der Waals surface area contributed by atoms with E-state index in [0.29, 0.717) is 11.1 Å². The molecule has 0 atom stereocenters. The summed E-state index contributed by atoms with van der Waals surface area (Å²) in [4.78, 5) is 12.5. The van der Waals surface area contributed by atoms with Crippen molar-refractivity contribution in [1.29, 1.82) is 0 Å². The highest BCUT2D eigenvalue weighted by Gasteiger charge is 2.31. The van der Waals surface area contributed by atoms with E-state index < -0.39 is 17.6 Å². The van der Waals surface area contributed by atoms with Crippen molar-refractivity contribution in [2.75, 3.05) is 5.32 Å². The summed E-state index contributed by atoms with van der Waals surface area (Å²) in [6.07, 6.45) is -4.53. The van der Waals surface area contributed by atoms with Crippen molar-refractivity contribution >= 4 is 34.2 Å². The molecule has 2 aromatic carbocycles. The molecule has 0 aliphatic rings. The number of fused-ring (bicyclic) bond motifs is 1. The van der Waals surface area contributed by atoms with Gasteiger partial charge in [0.25, 0.3) is 5.91 Å². The van der Waals surface area contributed by atoms with Crippen LogP contribution in [0.4, 0.5) is 18.9 Å². The molecule has 1 aromatic heterocycles. The Morgan fingerprint density at radius 3 is 2.38 bits per heavy atom. The van der Waals surface area contributed by atoms with Crippen LogP contribution in [0, 0.1) is 20.8 Å². The molecule has 0 aliphatic heterocycles. The second-order valence-electron chi connectivity index (χ2n) is 6.14. The number of alkyl halides is 3. The monoisotopic (exact) mass is 381 g/mol. The van der Waals surface area contributed by atoms with Gasteiger partial charge in [-0.15, -0.1) is 0 Å². The molecule has 0 aliphatic carbocycles. The first-order valence-electron chi connectivity index (χ1n) is 7.76. The highest BCUT2D eigenvalue weighted by molar-refractivity contribution is 6.34. The van der Waals surface area contributed by atoms with E-state index in [0.717, 1.165) is 34.7 Å². The Balaban J connectivity index is 1.99. The predicted molar refractivity (Wildman–Crippen MR) is 94.8 cm³/mol. The average Bonchev–Trinajstić information content (AvgIpc) is 2.85. The van der Waals surface area contributed by atoms with Gasteiger partial charge in [-0.05, 0) is 62.2 Å². The van der Waals surface area contributed by atoms with Crippen molar-refractivity contribution < 1.29 is 22.4 Å². The molecule has 0 bridgehead atoms. The van der Waals surface area contributed by atoms with Crippen molar-refractivity contribution in [2.45, 2.75) is 26.9 Å². The number of anilines is 1. The molecule has 1 N–H and O–H groups in total. The number of carbonyl (C=O) groups is 1. The van der Waals surface area contributed by atoms with Crippen LogP contribution in [0.5, 0.6) is 0 Å². The summed E-state index contributed by atoms with van der Waals surface area (Å²) >= 11 is 5.93. The number of halogens is 4. The number of rotatable bonds is 2. The highest BCUT2D eigenvalue weighted by atomic mass is 35.5. The van der Waals surface area contributed by atoms with Gasteiger partial charge in [0.15, 0.2) is 5.76 Å². The third-order valence-electron chi connectivity index (χ3n) is 4.30. The SMILES string of the molecule is Cc1cc2oc(C(=O)Nc3cc(C(F)(F)F)ccc3Cl)c(C)c2cc1C. The molecule has 0 saturated carbocycles. The summed E-state index contributed by atoms with van der Waals surface area (Å²) in [6.45, 7) is 5.60. The minimum absolute atomic E-state index is 0.00630. The zero-order valence-corrected chi connectivity index (χ0v) is 15.0. The minimum Gasteiger partial charge on any atom is -0.451 e. The van der Waals surface area contributed by atoms with Gasteiger partial charge in [-0.1, -0.05) is 11.6 Å². The third kappa shape index (κ3) is 3.29. The second kappa shape index (κ2) is 6.36. The molecular weight excluding hydrogens is 367 g/mol. The van der Waals surface area contributed by atoms with Crippen LogP contribution in [0.25, 0.3) is 11.0 Å². The van der Waals surface area contributed by atoms with Gasteiger partial charge < -0.3 is 9.73 Å². The van der Waals surface area contributed by atoms with Crippen LogP contribution in [0.1, 0.15) is 32.8 Å². The highest BCUT2D eigenvalue weighted by Crippen LogP contribution is 2.34. The van der Waals surface area contributed by atoms with Crippen molar-refractivity contribution in [3.63, 3.8) is 0 Å². The quantitative estimate of drug-likeness (QED) is 0.567. The Hall–Kier alpha value is -2.47. The van der Waals surface area contributed by atoms with Crippen molar-refractivity contribution in [2.24, 2.45) is 0 Å². The number of furan rings is 1. The van der Waals surface area contributed by atoms with E-state index in [1.165, 1.54) is 0 Å². The molecule has 0 fully saturated rings. The molecular formula is C19H15ClF3NO2. The number of hydrogen-bond donors (Lipinski definition) is 1. The molecule has 26 heavy (non-hydrogen) atoms. The van der Waals surface area contributed by atoms with Crippen LogP contribution in [-0.2, 0) is 6.18 Å². The Labute approximate surface area is 152 Å². The lowest BCUT2D eigenvalue weighted by Crippen LogP contribution is -2.14. The first-order chi connectivity index (χ1) is 12.1. The summed E-state index contributed by atoms with van der Waals surface area (Å²) in [5.74, 6) is -0.617. The van der Waals surface area contributed by atoms with Gasteiger partial charge in [0.2, 0.25) is 0 Å². The molecule has 1 amide bonds. The van der Waals surface area contributed by atoms with Gasteiger partial charge in [0.05, 0.1) is 16.3 Å². The van der Waals surface area contributed by atoms with Gasteiger partial charge in [0.1, 0.15) is 5.58 Å². The molecule has 7 heteroatoms. The number of aryl methyl sites for hydroxylation is 3. The molecule has 0 radical (unpaired) electrons. The number of nitrogens with one attached hydrogen (secondary N) is 1. The van der Waals surface area contributed by atoms with Gasteiger partial charge in [-0.25, -0.2) is 0 Å². The predicted octanol–water partition coefficient (Wildman–Crippen LogP) is 6.28. The first-order valence-corrected chi connectivity index (χ1v) is 8.14. The van der Waals surface area contributed by atoms with Gasteiger partial charge in [-0.3, -0.25) is 4.79 Å². The van der Waals surface area contributed by atoms with E-state index in [1.807, 2.05) is 26.0 Å². The van der Waals surface area contributed by atoms with Crippen LogP contribution in [-0.4, -0.2) is 5.91 Å². The minimum atomic E-state index is -4.53. The number of hydrogen-bond acceptors (Lipinski definition) is 2. The van der Waals surface area contributed by atoms with E-state index in [4.69, 9.17) is 16.0 Å². The fourth-order valence-corrected chi connectivity index (χ4v) is 2.83. The van der Waals surface area contributed by atoms with Gasteiger partial charge >= 0.3 is 6.18 Å². The first kappa shape index (κ1) is 18.3. The third-order valence-corrected chi connectivity index (χ3v) is 4.63. The van der Waals surface area contributed by atoms with Gasteiger partial charge in [0, 0.05) is 10.9 Å². The zero-order chi connectivity index (χ0) is 19.2. The maximum Gasteiger partial charge on any atom is 0.416 e. The Kier molecular flexibility index (Phi) is 4.48. The van der Waals surface area contributed by atoms with E-state index in [-0.39, 0.29) is 16.5 Å². The second-order valence-corrected chi connectivity index (χ2v) is 6.54. The number of benzene rings is 2. The Morgan fingerprint density at radius 1 is 1.08 bits per heavy atom. The molecule has 1 heterocycles. The van der Waals surface area contributed by atoms with E-state index in [2.05, 4.69) is 5.32 Å². The molecule has 3 aromatic rings. The number of amides is 1. The summed E-state index contributed by atoms with van der Waals surface area (Å²) < 4.78 is 44.2. The Bertz CT molecular complexity index is 1020. The van der Waals surface area contributed by atoms with E-state index in [9.17, 15) is 18.0 Å². The average molecular weight is 382 g/mol. The fourth-order valence-electron chi connectivity index (χ4n) is 2.67. The summed E-state index contributed by atoms with van der Waals surface area (Å²) in [5, 5.41) is 3.20. The topological polar surface area (TPSA) is 42.2 Å². The molecule has 3 nitrogen and oxygen atoms in total. The fraction of sp³-hybridized carbons (Fsp3) is 0.211. The lowest BCUT2D eigenvalue weighted by Gasteiger charge is -2.11. The maximum absolute atomic E-state index is 12.9. The van der Waals surface area contributed by atoms with Crippen molar-refractivity contribution in [3.8, 4) is 0 Å². The van der Waals surface area contributed by atoms with Crippen LogP contribution in [0.3, 0.4) is 0 Å². The van der Waals surface area contributed by atoms with Crippen LogP contribution in [0.2, 0.25) is 5.02 Å². The normalized spacial score (nSPS) is 11.8. The van der Waals surface area contributed by atoms with Gasteiger partial charge in [-0.2, -0.15) is 13.2 Å². The molecule has 136 valence electrons. The molecule has 0 saturated heterocycles. The summed E-state index contributed by atoms with van der Waals surface area (Å²) in [7, 11) is 0. The number of carbonyl (C=O) groups excluding carboxylic acids is 1. The van der Waals surface area contributed by atoms with Crippen LogP contribution < -0.4 is 5.32 Å². The van der Waals surface area contributed by atoms with Crippen molar-refractivity contribution in [1.82, 2.24) is 0 Å². The molecule has 0 spiro atoms. The van der Waals surface area contributed by atoms with Crippen molar-refractivity contribution in [3.05, 3.63) is 63.4 Å². The summed E-state index contributed by atoms with van der Waals surface area (Å²) in [5.41, 5.74) is 2.20. The molecule has 3 rings (SSSR count). The maximum atomic E-state index is 12.9. The largest absolute Gasteiger partial charge is 0.451 e. The van der Waals surface area contributed by atoms with E-state index >= 15 is 0 Å². The molecule has 0 unspecified atom stereocenters. The zero-order valence-electron chi connectivity index (χ0n) is 14.2. The lowest BCUT2D eigenvalue weighted by molar-refractivity contribution is -0.137. The van der Waals surface area contributed by atoms with Crippen LogP contribution in [0.15, 0.2) is 34.7 Å². The summed E-state index contributed by atoms with van der Waals surface area (Å²) in [6, 6.07) is 6.49. The standard InChI is InChI=1S/C19H15ClF3NO2/c1-9-6-13-11(3)17(26-16(13)7-10(9)2)18(25)24-15-8-12(19(21,22)23)4-5-14(15)20/h4-8H,1-3H3,(H,24,25). The Morgan fingerprint density at radius 2 is 1.73 bits per heavy atom.